The van der Waals surface area contributed by atoms with Gasteiger partial charge in [-0.25, -0.2) is 4.98 Å². The smallest absolute Gasteiger partial charge is 0.307 e. The van der Waals surface area contributed by atoms with E-state index in [2.05, 4.69) is 20.9 Å². The average Bonchev–Trinajstić information content (AvgIpc) is 3.05. The molecule has 9 heteroatoms. The largest absolute Gasteiger partial charge is 0.482 e. The van der Waals surface area contributed by atoms with Crippen LogP contribution in [0, 0.1) is 6.92 Å². The predicted molar refractivity (Wildman–Crippen MR) is 110 cm³/mol. The Labute approximate surface area is 170 Å². The molecule has 4 aromatic rings. The molecule has 0 amide bonds. The van der Waals surface area contributed by atoms with Gasteiger partial charge in [-0.15, -0.1) is 0 Å². The van der Waals surface area contributed by atoms with Crippen LogP contribution in [0.1, 0.15) is 5.69 Å². The van der Waals surface area contributed by atoms with Crippen LogP contribution in [-0.2, 0) is 7.05 Å². The second-order valence-electron chi connectivity index (χ2n) is 5.76. The number of fused-ring (bicyclic) bond motifs is 2. The number of imidazole rings is 1. The summed E-state index contributed by atoms with van der Waals surface area (Å²) in [6, 6.07) is 5.48. The van der Waals surface area contributed by atoms with E-state index in [4.69, 9.17) is 27.9 Å². The van der Waals surface area contributed by atoms with Crippen molar-refractivity contribution in [3.63, 3.8) is 0 Å². The molecule has 0 atom stereocenters. The van der Waals surface area contributed by atoms with Crippen molar-refractivity contribution in [3.05, 3.63) is 48.2 Å². The number of thiazole rings is 1. The van der Waals surface area contributed by atoms with E-state index in [0.717, 1.165) is 31.9 Å². The van der Waals surface area contributed by atoms with E-state index >= 15 is 0 Å². The van der Waals surface area contributed by atoms with E-state index in [1.807, 2.05) is 23.5 Å². The molecule has 5 nitrogen and oxygen atoms in total. The lowest BCUT2D eigenvalue weighted by atomic mass is 10.1. The average molecular weight is 473 g/mol. The van der Waals surface area contributed by atoms with E-state index in [9.17, 15) is 4.79 Å². The van der Waals surface area contributed by atoms with Crippen molar-refractivity contribution in [1.82, 2.24) is 14.0 Å². The highest BCUT2D eigenvalue weighted by molar-refractivity contribution is 9.10. The Morgan fingerprint density at radius 3 is 2.73 bits per heavy atom. The summed E-state index contributed by atoms with van der Waals surface area (Å²) in [5.41, 5.74) is 3.54. The summed E-state index contributed by atoms with van der Waals surface area (Å²) in [6.45, 7) is 1.90. The Hall–Kier alpha value is -1.54. The van der Waals surface area contributed by atoms with Crippen LogP contribution in [0.5, 0.6) is 5.88 Å². The van der Waals surface area contributed by atoms with Crippen LogP contribution in [0.4, 0.5) is 0 Å². The first-order chi connectivity index (χ1) is 12.3. The van der Waals surface area contributed by atoms with Crippen molar-refractivity contribution in [2.45, 2.75) is 6.92 Å². The molecule has 0 unspecified atom stereocenters. The standard InChI is InChI=1S/C17H12BrCl2N3O2S/c1-7-15(18)23-11(25-3)5-4-8(16(23)21-7)12-9(19)6-10-14(13(12)20)22(2)17(24)26-10/h4-6H,1-3H3. The van der Waals surface area contributed by atoms with Crippen LogP contribution in [0.15, 0.2) is 27.6 Å². The molecule has 0 radical (unpaired) electrons. The topological polar surface area (TPSA) is 48.5 Å². The van der Waals surface area contributed by atoms with Crippen LogP contribution in [0.25, 0.3) is 27.0 Å². The first-order valence-electron chi connectivity index (χ1n) is 7.54. The van der Waals surface area contributed by atoms with Crippen LogP contribution >= 0.6 is 50.5 Å². The molecule has 3 heterocycles. The third kappa shape index (κ3) is 2.41. The van der Waals surface area contributed by atoms with Crippen molar-refractivity contribution in [1.29, 1.82) is 0 Å². The quantitative estimate of drug-likeness (QED) is 0.397. The lowest BCUT2D eigenvalue weighted by molar-refractivity contribution is 0.391. The minimum absolute atomic E-state index is 0.0885. The molecule has 0 aliphatic carbocycles. The van der Waals surface area contributed by atoms with Gasteiger partial charge in [-0.2, -0.15) is 0 Å². The molecule has 0 aliphatic rings. The van der Waals surface area contributed by atoms with Gasteiger partial charge in [0.05, 0.1) is 33.1 Å². The van der Waals surface area contributed by atoms with Gasteiger partial charge >= 0.3 is 4.87 Å². The van der Waals surface area contributed by atoms with Crippen LogP contribution in [-0.4, -0.2) is 21.1 Å². The highest BCUT2D eigenvalue weighted by Crippen LogP contribution is 2.43. The number of hydrogen-bond acceptors (Lipinski definition) is 4. The number of aromatic nitrogens is 3. The second kappa shape index (κ2) is 6.27. The summed E-state index contributed by atoms with van der Waals surface area (Å²) in [5, 5.41) is 0.894. The number of halogens is 3. The Kier molecular flexibility index (Phi) is 4.30. The highest BCUT2D eigenvalue weighted by Gasteiger charge is 2.22. The first-order valence-corrected chi connectivity index (χ1v) is 9.91. The zero-order valence-corrected chi connectivity index (χ0v) is 17.8. The van der Waals surface area contributed by atoms with Crippen LogP contribution in [0.3, 0.4) is 0 Å². The van der Waals surface area contributed by atoms with E-state index in [1.165, 1.54) is 4.57 Å². The molecule has 1 aromatic carbocycles. The van der Waals surface area contributed by atoms with Gasteiger partial charge in [-0.05, 0) is 41.1 Å². The van der Waals surface area contributed by atoms with Crippen LogP contribution in [0.2, 0.25) is 10.0 Å². The summed E-state index contributed by atoms with van der Waals surface area (Å²) >= 11 is 17.9. The monoisotopic (exact) mass is 471 g/mol. The van der Waals surface area contributed by atoms with Gasteiger partial charge < -0.3 is 9.30 Å². The molecule has 0 fully saturated rings. The molecular formula is C17H12BrCl2N3O2S. The van der Waals surface area contributed by atoms with E-state index < -0.39 is 0 Å². The van der Waals surface area contributed by atoms with E-state index in [1.54, 1.807) is 20.2 Å². The molecule has 134 valence electrons. The predicted octanol–water partition coefficient (Wildman–Crippen LogP) is 5.30. The molecule has 3 aromatic heterocycles. The van der Waals surface area contributed by atoms with E-state index in [0.29, 0.717) is 32.7 Å². The molecule has 0 N–H and O–H groups in total. The number of benzene rings is 1. The zero-order valence-electron chi connectivity index (χ0n) is 13.9. The normalized spacial score (nSPS) is 11.6. The zero-order chi connectivity index (χ0) is 18.7. The molecule has 26 heavy (non-hydrogen) atoms. The van der Waals surface area contributed by atoms with Gasteiger partial charge in [0.1, 0.15) is 10.3 Å². The van der Waals surface area contributed by atoms with Crippen molar-refractivity contribution in [3.8, 4) is 17.0 Å². The Balaban J connectivity index is 2.16. The highest BCUT2D eigenvalue weighted by atomic mass is 79.9. The van der Waals surface area contributed by atoms with Gasteiger partial charge in [-0.1, -0.05) is 34.5 Å². The molecule has 0 spiro atoms. The molecule has 4 rings (SSSR count). The lowest BCUT2D eigenvalue weighted by Gasteiger charge is -2.13. The summed E-state index contributed by atoms with van der Waals surface area (Å²) in [7, 11) is 3.30. The molecule has 0 saturated heterocycles. The summed E-state index contributed by atoms with van der Waals surface area (Å²) in [5.74, 6) is 0.632. The maximum atomic E-state index is 12.0. The van der Waals surface area contributed by atoms with Crippen molar-refractivity contribution < 1.29 is 4.74 Å². The van der Waals surface area contributed by atoms with Crippen LogP contribution < -0.4 is 9.61 Å². The third-order valence-electron chi connectivity index (χ3n) is 4.28. The van der Waals surface area contributed by atoms with E-state index in [-0.39, 0.29) is 4.87 Å². The number of hydrogen-bond donors (Lipinski definition) is 0. The number of rotatable bonds is 2. The number of pyridine rings is 1. The Bertz CT molecular complexity index is 1260. The number of methoxy groups -OCH3 is 1. The summed E-state index contributed by atoms with van der Waals surface area (Å²) in [6.07, 6.45) is 0. The fourth-order valence-corrected chi connectivity index (χ4v) is 5.29. The maximum absolute atomic E-state index is 12.0. The molecular weight excluding hydrogens is 461 g/mol. The van der Waals surface area contributed by atoms with Gasteiger partial charge in [-0.3, -0.25) is 9.20 Å². The number of aryl methyl sites for hydroxylation is 2. The van der Waals surface area contributed by atoms with Crippen molar-refractivity contribution in [2.24, 2.45) is 7.05 Å². The minimum atomic E-state index is -0.0885. The number of nitrogens with zero attached hydrogens (tertiary/aromatic N) is 3. The fraction of sp³-hybridized carbons (Fsp3) is 0.176. The van der Waals surface area contributed by atoms with Gasteiger partial charge in [0.25, 0.3) is 0 Å². The van der Waals surface area contributed by atoms with Crippen molar-refractivity contribution >= 4 is 66.3 Å². The van der Waals surface area contributed by atoms with Gasteiger partial charge in [0.2, 0.25) is 0 Å². The third-order valence-corrected chi connectivity index (χ3v) is 6.85. The molecule has 0 saturated carbocycles. The maximum Gasteiger partial charge on any atom is 0.307 e. The first kappa shape index (κ1) is 17.9. The number of ether oxygens (including phenoxy) is 1. The summed E-state index contributed by atoms with van der Waals surface area (Å²) in [4.78, 5) is 16.6. The molecule has 0 aliphatic heterocycles. The second-order valence-corrected chi connectivity index (χ2v) is 8.29. The Morgan fingerprint density at radius 1 is 1.31 bits per heavy atom. The SMILES string of the molecule is COc1ccc(-c2c(Cl)cc3sc(=O)n(C)c3c2Cl)c2nc(C)c(Br)n12. The lowest BCUT2D eigenvalue weighted by Crippen LogP contribution is -2.07. The van der Waals surface area contributed by atoms with Gasteiger partial charge in [0, 0.05) is 18.2 Å². The molecule has 0 bridgehead atoms. The minimum Gasteiger partial charge on any atom is -0.482 e. The van der Waals surface area contributed by atoms with Crippen molar-refractivity contribution in [2.75, 3.05) is 7.11 Å². The Morgan fingerprint density at radius 2 is 2.04 bits per heavy atom. The summed E-state index contributed by atoms with van der Waals surface area (Å²) < 4.78 is 10.4. The fourth-order valence-electron chi connectivity index (χ4n) is 3.03. The van der Waals surface area contributed by atoms with Gasteiger partial charge in [0.15, 0.2) is 5.88 Å².